The number of nitrogens with two attached hydrogens (primary N) is 1. The summed E-state index contributed by atoms with van der Waals surface area (Å²) in [6.45, 7) is -0.937. The van der Waals surface area contributed by atoms with Crippen molar-refractivity contribution >= 4 is 17.6 Å². The third-order valence-electron chi connectivity index (χ3n) is 1.56. The molecule has 0 unspecified atom stereocenters. The number of carboxylic acid groups (broad SMARTS) is 1. The van der Waals surface area contributed by atoms with Crippen molar-refractivity contribution in [1.82, 2.24) is 0 Å². The molecule has 1 aromatic rings. The minimum atomic E-state index is -1.14. The fourth-order valence-corrected chi connectivity index (χ4v) is 0.918. The van der Waals surface area contributed by atoms with Crippen molar-refractivity contribution in [1.29, 1.82) is 0 Å². The molecule has 0 aromatic heterocycles. The fourth-order valence-electron chi connectivity index (χ4n) is 0.918. The van der Waals surface area contributed by atoms with Crippen LogP contribution in [0.3, 0.4) is 0 Å². The van der Waals surface area contributed by atoms with Crippen LogP contribution in [0.15, 0.2) is 24.3 Å². The molecule has 0 amide bonds. The lowest BCUT2D eigenvalue weighted by Gasteiger charge is -2.04. The summed E-state index contributed by atoms with van der Waals surface area (Å²) in [4.78, 5) is 21.2. The Labute approximate surface area is 91.6 Å². The molecule has 0 spiro atoms. The van der Waals surface area contributed by atoms with Gasteiger partial charge < -0.3 is 20.3 Å². The fraction of sp³-hybridized carbons (Fsp3) is 0.200. The second kappa shape index (κ2) is 5.72. The van der Waals surface area contributed by atoms with Crippen molar-refractivity contribution in [3.8, 4) is 5.75 Å². The van der Waals surface area contributed by atoms with E-state index in [0.29, 0.717) is 11.4 Å². The first-order chi connectivity index (χ1) is 7.58. The molecule has 6 heteroatoms. The van der Waals surface area contributed by atoms with E-state index in [9.17, 15) is 9.59 Å². The van der Waals surface area contributed by atoms with E-state index in [1.54, 1.807) is 12.1 Å². The maximum Gasteiger partial charge on any atom is 0.337 e. The Bertz CT molecular complexity index is 373. The minimum absolute atomic E-state index is 0.332. The lowest BCUT2D eigenvalue weighted by atomic mass is 10.3. The van der Waals surface area contributed by atoms with Gasteiger partial charge in [0.1, 0.15) is 19.0 Å². The highest BCUT2D eigenvalue weighted by Crippen LogP contribution is 2.12. The molecule has 0 heterocycles. The van der Waals surface area contributed by atoms with Gasteiger partial charge in [-0.3, -0.25) is 0 Å². The van der Waals surface area contributed by atoms with Crippen LogP contribution in [-0.2, 0) is 14.3 Å². The summed E-state index contributed by atoms with van der Waals surface area (Å²) in [5.41, 5.74) is 6.00. The van der Waals surface area contributed by atoms with Crippen molar-refractivity contribution in [3.05, 3.63) is 24.3 Å². The molecule has 1 rings (SSSR count). The average molecular weight is 225 g/mol. The highest BCUT2D eigenvalue weighted by Gasteiger charge is 2.06. The van der Waals surface area contributed by atoms with Crippen LogP contribution in [0, 0.1) is 0 Å². The summed E-state index contributed by atoms with van der Waals surface area (Å²) in [6.07, 6.45) is 0. The first kappa shape index (κ1) is 12.0. The third kappa shape index (κ3) is 4.43. The standard InChI is InChI=1S/C10H11NO5/c11-7-1-3-8(4-2-7)16-10(14)6-15-5-9(12)13/h1-4H,5-6,11H2,(H,12,13). The van der Waals surface area contributed by atoms with Gasteiger partial charge in [-0.15, -0.1) is 0 Å². The molecule has 0 atom stereocenters. The lowest BCUT2D eigenvalue weighted by Crippen LogP contribution is -2.18. The van der Waals surface area contributed by atoms with Gasteiger partial charge in [0.25, 0.3) is 0 Å². The van der Waals surface area contributed by atoms with Gasteiger partial charge in [0, 0.05) is 5.69 Å². The predicted octanol–water partition coefficient (Wildman–Crippen LogP) is 0.275. The van der Waals surface area contributed by atoms with Crippen LogP contribution in [0.4, 0.5) is 5.69 Å². The Balaban J connectivity index is 2.34. The summed E-state index contributed by atoms with van der Waals surface area (Å²) < 4.78 is 9.39. The monoisotopic (exact) mass is 225 g/mol. The number of anilines is 1. The Morgan fingerprint density at radius 3 is 2.38 bits per heavy atom. The number of esters is 1. The Kier molecular flexibility index (Phi) is 4.28. The van der Waals surface area contributed by atoms with E-state index >= 15 is 0 Å². The maximum atomic E-state index is 11.1. The number of ether oxygens (including phenoxy) is 2. The molecule has 0 saturated heterocycles. The van der Waals surface area contributed by atoms with Crippen LogP contribution < -0.4 is 10.5 Å². The molecule has 0 bridgehead atoms. The zero-order chi connectivity index (χ0) is 12.0. The first-order valence-electron chi connectivity index (χ1n) is 4.43. The molecule has 0 aliphatic rings. The minimum Gasteiger partial charge on any atom is -0.480 e. The summed E-state index contributed by atoms with van der Waals surface area (Å²) in [7, 11) is 0. The maximum absolute atomic E-state index is 11.1. The normalized spacial score (nSPS) is 9.75. The van der Waals surface area contributed by atoms with E-state index in [-0.39, 0.29) is 0 Å². The number of aliphatic carboxylic acids is 1. The van der Waals surface area contributed by atoms with Gasteiger partial charge in [0.05, 0.1) is 0 Å². The summed E-state index contributed by atoms with van der Waals surface area (Å²) in [6, 6.07) is 6.23. The van der Waals surface area contributed by atoms with Crippen LogP contribution in [0.25, 0.3) is 0 Å². The Morgan fingerprint density at radius 1 is 1.19 bits per heavy atom. The van der Waals surface area contributed by atoms with Gasteiger partial charge >= 0.3 is 11.9 Å². The highest BCUT2D eigenvalue weighted by atomic mass is 16.6. The Morgan fingerprint density at radius 2 is 1.81 bits per heavy atom. The number of hydrogen-bond donors (Lipinski definition) is 2. The quantitative estimate of drug-likeness (QED) is 0.424. The topological polar surface area (TPSA) is 98.9 Å². The van der Waals surface area contributed by atoms with Crippen LogP contribution >= 0.6 is 0 Å². The van der Waals surface area contributed by atoms with E-state index in [0.717, 1.165) is 0 Å². The van der Waals surface area contributed by atoms with Crippen molar-refractivity contribution in [2.24, 2.45) is 0 Å². The summed E-state index contributed by atoms with van der Waals surface area (Å²) in [5.74, 6) is -1.47. The number of rotatable bonds is 5. The summed E-state index contributed by atoms with van der Waals surface area (Å²) in [5, 5.41) is 8.26. The van der Waals surface area contributed by atoms with E-state index < -0.39 is 25.2 Å². The number of nitrogen functional groups attached to an aromatic ring is 1. The first-order valence-corrected chi connectivity index (χ1v) is 4.43. The van der Waals surface area contributed by atoms with Crippen molar-refractivity contribution in [2.45, 2.75) is 0 Å². The highest BCUT2D eigenvalue weighted by molar-refractivity contribution is 5.74. The van der Waals surface area contributed by atoms with E-state index in [1.165, 1.54) is 12.1 Å². The molecule has 0 fully saturated rings. The van der Waals surface area contributed by atoms with Crippen LogP contribution in [0.1, 0.15) is 0 Å². The molecular formula is C10H11NO5. The third-order valence-corrected chi connectivity index (χ3v) is 1.56. The molecule has 3 N–H and O–H groups in total. The molecule has 6 nitrogen and oxygen atoms in total. The number of hydrogen-bond acceptors (Lipinski definition) is 5. The summed E-state index contributed by atoms with van der Waals surface area (Å²) >= 11 is 0. The molecule has 86 valence electrons. The van der Waals surface area contributed by atoms with Crippen LogP contribution in [-0.4, -0.2) is 30.3 Å². The lowest BCUT2D eigenvalue weighted by molar-refractivity contribution is -0.147. The second-order valence-electron chi connectivity index (χ2n) is 2.93. The number of carbonyl (C=O) groups excluding carboxylic acids is 1. The van der Waals surface area contributed by atoms with Gasteiger partial charge in [-0.05, 0) is 24.3 Å². The number of carbonyl (C=O) groups is 2. The molecule has 0 saturated carbocycles. The van der Waals surface area contributed by atoms with Crippen molar-refractivity contribution < 1.29 is 24.2 Å². The smallest absolute Gasteiger partial charge is 0.337 e. The zero-order valence-corrected chi connectivity index (χ0v) is 8.38. The number of carboxylic acids is 1. The Hall–Kier alpha value is -2.08. The van der Waals surface area contributed by atoms with E-state index in [2.05, 4.69) is 4.74 Å². The van der Waals surface area contributed by atoms with Gasteiger partial charge in [-0.1, -0.05) is 0 Å². The van der Waals surface area contributed by atoms with E-state index in [1.807, 2.05) is 0 Å². The van der Waals surface area contributed by atoms with Gasteiger partial charge in [0.2, 0.25) is 0 Å². The molecule has 0 radical (unpaired) electrons. The van der Waals surface area contributed by atoms with Gasteiger partial charge in [0.15, 0.2) is 0 Å². The van der Waals surface area contributed by atoms with Gasteiger partial charge in [-0.25, -0.2) is 9.59 Å². The van der Waals surface area contributed by atoms with Crippen LogP contribution in [0.2, 0.25) is 0 Å². The van der Waals surface area contributed by atoms with Gasteiger partial charge in [-0.2, -0.15) is 0 Å². The molecular weight excluding hydrogens is 214 g/mol. The van der Waals surface area contributed by atoms with Crippen LogP contribution in [0.5, 0.6) is 5.75 Å². The van der Waals surface area contributed by atoms with E-state index in [4.69, 9.17) is 15.6 Å². The number of benzene rings is 1. The molecule has 1 aromatic carbocycles. The average Bonchev–Trinajstić information content (AvgIpc) is 2.21. The molecule has 0 aliphatic carbocycles. The predicted molar refractivity (Wildman–Crippen MR) is 54.9 cm³/mol. The molecule has 16 heavy (non-hydrogen) atoms. The SMILES string of the molecule is Nc1ccc(OC(=O)COCC(=O)O)cc1. The second-order valence-corrected chi connectivity index (χ2v) is 2.93. The zero-order valence-electron chi connectivity index (χ0n) is 8.38. The largest absolute Gasteiger partial charge is 0.480 e. The molecule has 0 aliphatic heterocycles. The van der Waals surface area contributed by atoms with Crippen molar-refractivity contribution in [2.75, 3.05) is 18.9 Å². The van der Waals surface area contributed by atoms with Crippen molar-refractivity contribution in [3.63, 3.8) is 0 Å².